The molecule has 1 saturated heterocycles. The molecule has 0 bridgehead atoms. The highest BCUT2D eigenvalue weighted by Gasteiger charge is 2.21. The standard InChI is InChI=1S/C22H23N5O2S2/c1-2-3-11-26-20(29)19-17(10-13-30-19)27-21(26)23-24-22(27)31-14-15-6-8-16(9-7-15)25-12-4-5-18(25)28/h6-10,13H,2-5,11-12,14H2,1H3. The Balaban J connectivity index is 1.43. The molecule has 0 N–H and O–H groups in total. The fourth-order valence-corrected chi connectivity index (χ4v) is 5.67. The van der Waals surface area contributed by atoms with Crippen LogP contribution in [0.15, 0.2) is 45.7 Å². The molecule has 1 aliphatic heterocycles. The summed E-state index contributed by atoms with van der Waals surface area (Å²) in [5.41, 5.74) is 3.00. The number of nitrogens with zero attached hydrogens (tertiary/aromatic N) is 5. The number of carbonyl (C=O) groups is 1. The zero-order chi connectivity index (χ0) is 21.4. The normalized spacial score (nSPS) is 14.4. The van der Waals surface area contributed by atoms with Gasteiger partial charge in [0.05, 0.1) is 5.52 Å². The number of hydrogen-bond donors (Lipinski definition) is 0. The second-order valence-corrected chi connectivity index (χ2v) is 9.53. The van der Waals surface area contributed by atoms with Crippen molar-refractivity contribution >= 4 is 50.7 Å². The van der Waals surface area contributed by atoms with Gasteiger partial charge in [-0.15, -0.1) is 21.5 Å². The zero-order valence-electron chi connectivity index (χ0n) is 17.3. The van der Waals surface area contributed by atoms with Gasteiger partial charge in [0.15, 0.2) is 5.16 Å². The molecule has 0 saturated carbocycles. The highest BCUT2D eigenvalue weighted by molar-refractivity contribution is 7.98. The molecule has 1 amide bonds. The number of thioether (sulfide) groups is 1. The molecule has 0 radical (unpaired) electrons. The summed E-state index contributed by atoms with van der Waals surface area (Å²) in [6.45, 7) is 3.56. The average molecular weight is 454 g/mol. The third kappa shape index (κ3) is 3.65. The first-order valence-corrected chi connectivity index (χ1v) is 12.4. The number of aryl methyl sites for hydroxylation is 1. The van der Waals surface area contributed by atoms with Gasteiger partial charge in [-0.1, -0.05) is 37.2 Å². The maximum Gasteiger partial charge on any atom is 0.272 e. The van der Waals surface area contributed by atoms with Crippen LogP contribution in [0, 0.1) is 0 Å². The van der Waals surface area contributed by atoms with Crippen LogP contribution < -0.4 is 10.5 Å². The first-order valence-electron chi connectivity index (χ1n) is 10.5. The van der Waals surface area contributed by atoms with E-state index < -0.39 is 0 Å². The van der Waals surface area contributed by atoms with Gasteiger partial charge < -0.3 is 4.90 Å². The van der Waals surface area contributed by atoms with Gasteiger partial charge in [0, 0.05) is 31.0 Å². The van der Waals surface area contributed by atoms with Crippen LogP contribution in [0.1, 0.15) is 38.2 Å². The monoisotopic (exact) mass is 453 g/mol. The Kier molecular flexibility index (Phi) is 5.54. The molecular formula is C22H23N5O2S2. The Morgan fingerprint density at radius 1 is 1.13 bits per heavy atom. The Morgan fingerprint density at radius 2 is 1.97 bits per heavy atom. The van der Waals surface area contributed by atoms with Gasteiger partial charge in [-0.25, -0.2) is 0 Å². The molecular weight excluding hydrogens is 430 g/mol. The van der Waals surface area contributed by atoms with Crippen LogP contribution in [0.4, 0.5) is 5.69 Å². The molecule has 4 aromatic rings. The lowest BCUT2D eigenvalue weighted by Crippen LogP contribution is -2.23. The van der Waals surface area contributed by atoms with Gasteiger partial charge >= 0.3 is 0 Å². The van der Waals surface area contributed by atoms with Crippen LogP contribution in [0.5, 0.6) is 0 Å². The topological polar surface area (TPSA) is 72.5 Å². The van der Waals surface area contributed by atoms with Crippen molar-refractivity contribution in [1.29, 1.82) is 0 Å². The van der Waals surface area contributed by atoms with E-state index in [2.05, 4.69) is 29.3 Å². The molecule has 0 aliphatic carbocycles. The van der Waals surface area contributed by atoms with E-state index in [1.807, 2.05) is 32.9 Å². The van der Waals surface area contributed by atoms with Crippen molar-refractivity contribution < 1.29 is 4.79 Å². The van der Waals surface area contributed by atoms with E-state index in [-0.39, 0.29) is 11.5 Å². The minimum atomic E-state index is 0.0157. The summed E-state index contributed by atoms with van der Waals surface area (Å²) in [6, 6.07) is 10.1. The summed E-state index contributed by atoms with van der Waals surface area (Å²) in [5, 5.41) is 11.5. The van der Waals surface area contributed by atoms with Crippen molar-refractivity contribution in [2.24, 2.45) is 0 Å². The average Bonchev–Trinajstić information content (AvgIpc) is 3.52. The molecule has 3 aromatic heterocycles. The maximum absolute atomic E-state index is 12.9. The molecule has 160 valence electrons. The molecule has 7 nitrogen and oxygen atoms in total. The van der Waals surface area contributed by atoms with E-state index in [0.29, 0.717) is 18.7 Å². The van der Waals surface area contributed by atoms with E-state index in [9.17, 15) is 9.59 Å². The van der Waals surface area contributed by atoms with Crippen LogP contribution in [0.2, 0.25) is 0 Å². The fourth-order valence-electron chi connectivity index (χ4n) is 3.95. The number of hydrogen-bond acceptors (Lipinski definition) is 6. The second-order valence-electron chi connectivity index (χ2n) is 7.67. The first kappa shape index (κ1) is 20.3. The Hall–Kier alpha value is -2.65. The van der Waals surface area contributed by atoms with Crippen molar-refractivity contribution in [3.05, 3.63) is 51.6 Å². The van der Waals surface area contributed by atoms with E-state index in [1.165, 1.54) is 11.3 Å². The molecule has 4 heterocycles. The SMILES string of the molecule is CCCCn1c(=O)c2sccc2n2c(SCc3ccc(N4CCCC4=O)cc3)nnc12. The fraction of sp³-hybridized carbons (Fsp3) is 0.364. The van der Waals surface area contributed by atoms with Crippen LogP contribution >= 0.6 is 23.1 Å². The molecule has 0 atom stereocenters. The van der Waals surface area contributed by atoms with Crippen LogP contribution in [-0.2, 0) is 17.1 Å². The third-order valence-corrected chi connectivity index (χ3v) is 7.50. The third-order valence-electron chi connectivity index (χ3n) is 5.61. The smallest absolute Gasteiger partial charge is 0.272 e. The Bertz CT molecular complexity index is 1310. The summed E-state index contributed by atoms with van der Waals surface area (Å²) in [4.78, 5) is 26.7. The predicted molar refractivity (Wildman–Crippen MR) is 125 cm³/mol. The number of fused-ring (bicyclic) bond motifs is 3. The molecule has 31 heavy (non-hydrogen) atoms. The van der Waals surface area contributed by atoms with Crippen LogP contribution in [0.25, 0.3) is 16.0 Å². The van der Waals surface area contributed by atoms with Gasteiger partial charge in [-0.05, 0) is 42.0 Å². The van der Waals surface area contributed by atoms with E-state index in [1.54, 1.807) is 16.3 Å². The molecule has 9 heteroatoms. The summed E-state index contributed by atoms with van der Waals surface area (Å²) in [7, 11) is 0. The number of rotatable bonds is 7. The molecule has 1 aromatic carbocycles. The minimum absolute atomic E-state index is 0.0157. The lowest BCUT2D eigenvalue weighted by molar-refractivity contribution is -0.117. The molecule has 1 aliphatic rings. The predicted octanol–water partition coefficient (Wildman–Crippen LogP) is 4.32. The number of unbranched alkanes of at least 4 members (excludes halogenated alkanes) is 1. The number of carbonyl (C=O) groups excluding carboxylic acids is 1. The molecule has 0 unspecified atom stereocenters. The summed E-state index contributed by atoms with van der Waals surface area (Å²) in [5.74, 6) is 1.54. The summed E-state index contributed by atoms with van der Waals surface area (Å²) < 4.78 is 4.50. The lowest BCUT2D eigenvalue weighted by Gasteiger charge is -2.15. The second kappa shape index (κ2) is 8.47. The van der Waals surface area contributed by atoms with E-state index in [0.717, 1.165) is 58.2 Å². The highest BCUT2D eigenvalue weighted by atomic mass is 32.2. The van der Waals surface area contributed by atoms with Crippen molar-refractivity contribution in [2.45, 2.75) is 50.1 Å². The summed E-state index contributed by atoms with van der Waals surface area (Å²) >= 11 is 3.07. The lowest BCUT2D eigenvalue weighted by atomic mass is 10.2. The Morgan fingerprint density at radius 3 is 2.71 bits per heavy atom. The molecule has 5 rings (SSSR count). The quantitative estimate of drug-likeness (QED) is 0.390. The molecule has 1 fully saturated rings. The van der Waals surface area contributed by atoms with Gasteiger partial charge in [0.2, 0.25) is 11.7 Å². The van der Waals surface area contributed by atoms with Crippen LogP contribution in [-0.4, -0.2) is 31.6 Å². The van der Waals surface area contributed by atoms with Crippen molar-refractivity contribution in [3.8, 4) is 0 Å². The number of thiophene rings is 1. The van der Waals surface area contributed by atoms with E-state index >= 15 is 0 Å². The number of amides is 1. The first-order chi connectivity index (χ1) is 15.2. The van der Waals surface area contributed by atoms with Crippen molar-refractivity contribution in [2.75, 3.05) is 11.4 Å². The summed E-state index contributed by atoms with van der Waals surface area (Å²) in [6.07, 6.45) is 3.50. The maximum atomic E-state index is 12.9. The van der Waals surface area contributed by atoms with Gasteiger partial charge in [0.25, 0.3) is 5.56 Å². The van der Waals surface area contributed by atoms with Gasteiger partial charge in [-0.2, -0.15) is 0 Å². The number of benzene rings is 1. The van der Waals surface area contributed by atoms with Crippen LogP contribution in [0.3, 0.4) is 0 Å². The highest BCUT2D eigenvalue weighted by Crippen LogP contribution is 2.28. The Labute approximate surface area is 187 Å². The number of aromatic nitrogens is 4. The largest absolute Gasteiger partial charge is 0.312 e. The van der Waals surface area contributed by atoms with Gasteiger partial charge in [0.1, 0.15) is 4.70 Å². The van der Waals surface area contributed by atoms with Crippen molar-refractivity contribution in [1.82, 2.24) is 19.2 Å². The minimum Gasteiger partial charge on any atom is -0.312 e. The molecule has 0 spiro atoms. The zero-order valence-corrected chi connectivity index (χ0v) is 18.9. The van der Waals surface area contributed by atoms with Gasteiger partial charge in [-0.3, -0.25) is 18.6 Å². The van der Waals surface area contributed by atoms with Crippen molar-refractivity contribution in [3.63, 3.8) is 0 Å². The van der Waals surface area contributed by atoms with E-state index in [4.69, 9.17) is 0 Å². The number of anilines is 1.